The molecule has 1 heterocycles. The summed E-state index contributed by atoms with van der Waals surface area (Å²) in [4.78, 5) is 13.3. The summed E-state index contributed by atoms with van der Waals surface area (Å²) in [7, 11) is 0. The summed E-state index contributed by atoms with van der Waals surface area (Å²) in [5.41, 5.74) is 0.690. The minimum Gasteiger partial charge on any atom is -0.444 e. The number of hydrogen-bond donors (Lipinski definition) is 0. The summed E-state index contributed by atoms with van der Waals surface area (Å²) in [6.45, 7) is 2.63. The molecule has 112 valence electrons. The molecular formula is C17H20FNO2. The average Bonchev–Trinajstić information content (AvgIpc) is 2.84. The van der Waals surface area contributed by atoms with E-state index < -0.39 is 11.9 Å². The predicted molar refractivity (Wildman–Crippen MR) is 80.7 cm³/mol. The number of carbonyl (C=O) groups excluding carboxylic acids is 1. The lowest BCUT2D eigenvalue weighted by Crippen LogP contribution is -2.24. The summed E-state index contributed by atoms with van der Waals surface area (Å²) in [6.07, 6.45) is 10.1. The zero-order valence-electron chi connectivity index (χ0n) is 12.3. The topological polar surface area (TPSA) is 29.5 Å². The number of ether oxygens (including phenoxy) is 1. The van der Waals surface area contributed by atoms with Crippen molar-refractivity contribution in [2.75, 3.05) is 11.4 Å². The number of hydrogen-bond acceptors (Lipinski definition) is 2. The first-order chi connectivity index (χ1) is 10.2. The van der Waals surface area contributed by atoms with Crippen molar-refractivity contribution in [2.24, 2.45) is 0 Å². The van der Waals surface area contributed by atoms with Gasteiger partial charge in [-0.15, -0.1) is 6.42 Å². The maximum absolute atomic E-state index is 13.7. The number of amides is 1. The number of anilines is 1. The van der Waals surface area contributed by atoms with Crippen molar-refractivity contribution >= 4 is 11.8 Å². The monoisotopic (exact) mass is 289 g/mol. The van der Waals surface area contributed by atoms with E-state index in [0.29, 0.717) is 12.2 Å². The average molecular weight is 289 g/mol. The fourth-order valence-corrected chi connectivity index (χ4v) is 2.47. The maximum atomic E-state index is 13.7. The fraction of sp³-hybridized carbons (Fsp3) is 0.471. The van der Waals surface area contributed by atoms with Gasteiger partial charge in [-0.1, -0.05) is 32.1 Å². The third-order valence-corrected chi connectivity index (χ3v) is 3.67. The summed E-state index contributed by atoms with van der Waals surface area (Å²) in [6, 6.07) is 4.45. The zero-order chi connectivity index (χ0) is 15.2. The molecule has 1 fully saturated rings. The highest BCUT2D eigenvalue weighted by Gasteiger charge is 2.32. The number of nitrogens with zero attached hydrogens (tertiary/aromatic N) is 1. The second kappa shape index (κ2) is 7.12. The third kappa shape index (κ3) is 3.75. The zero-order valence-corrected chi connectivity index (χ0v) is 12.3. The maximum Gasteiger partial charge on any atom is 0.414 e. The highest BCUT2D eigenvalue weighted by molar-refractivity contribution is 5.89. The Morgan fingerprint density at radius 1 is 1.43 bits per heavy atom. The summed E-state index contributed by atoms with van der Waals surface area (Å²) >= 11 is 0. The predicted octanol–water partition coefficient (Wildman–Crippen LogP) is 4.10. The van der Waals surface area contributed by atoms with E-state index in [9.17, 15) is 9.18 Å². The van der Waals surface area contributed by atoms with Crippen molar-refractivity contribution in [1.29, 1.82) is 0 Å². The molecule has 4 heteroatoms. The lowest BCUT2D eigenvalue weighted by molar-refractivity contribution is 0.135. The number of cyclic esters (lactones) is 1. The number of carbonyl (C=O) groups is 1. The standard InChI is InChI=1S/C17H20FNO2/c1-3-5-6-7-8-15-12-19(17(20)21-15)14-10-9-13(4-2)16(18)11-14/h2,9-11,15H,3,5-8,12H2,1H3. The van der Waals surface area contributed by atoms with Gasteiger partial charge in [0.25, 0.3) is 0 Å². The minimum absolute atomic E-state index is 0.107. The van der Waals surface area contributed by atoms with Crippen LogP contribution in [-0.2, 0) is 4.74 Å². The van der Waals surface area contributed by atoms with Gasteiger partial charge in [-0.3, -0.25) is 4.90 Å². The van der Waals surface area contributed by atoms with Crippen LogP contribution in [0.25, 0.3) is 0 Å². The van der Waals surface area contributed by atoms with E-state index in [4.69, 9.17) is 11.2 Å². The second-order valence-electron chi connectivity index (χ2n) is 5.27. The van der Waals surface area contributed by atoms with E-state index in [2.05, 4.69) is 12.8 Å². The molecule has 1 aliphatic heterocycles. The SMILES string of the molecule is C#Cc1ccc(N2CC(CCCCCC)OC2=O)cc1F. The van der Waals surface area contributed by atoms with Crippen molar-refractivity contribution in [2.45, 2.75) is 45.1 Å². The van der Waals surface area contributed by atoms with Crippen LogP contribution in [-0.4, -0.2) is 18.7 Å². The molecule has 1 saturated heterocycles. The van der Waals surface area contributed by atoms with Crippen molar-refractivity contribution in [1.82, 2.24) is 0 Å². The molecule has 0 saturated carbocycles. The second-order valence-corrected chi connectivity index (χ2v) is 5.27. The van der Waals surface area contributed by atoms with Gasteiger partial charge in [0.1, 0.15) is 11.9 Å². The Labute approximate surface area is 125 Å². The van der Waals surface area contributed by atoms with Gasteiger partial charge in [-0.25, -0.2) is 9.18 Å². The van der Waals surface area contributed by atoms with Gasteiger partial charge in [-0.05, 0) is 31.0 Å². The Morgan fingerprint density at radius 2 is 2.24 bits per heavy atom. The Hall–Kier alpha value is -2.02. The van der Waals surface area contributed by atoms with E-state index in [1.54, 1.807) is 6.07 Å². The number of terminal acetylenes is 1. The van der Waals surface area contributed by atoms with Gasteiger partial charge in [0.15, 0.2) is 0 Å². The molecule has 1 aliphatic rings. The molecular weight excluding hydrogens is 269 g/mol. The summed E-state index contributed by atoms with van der Waals surface area (Å²) in [5, 5.41) is 0. The van der Waals surface area contributed by atoms with Crippen molar-refractivity contribution in [3.8, 4) is 12.3 Å². The Kier molecular flexibility index (Phi) is 5.21. The van der Waals surface area contributed by atoms with E-state index in [-0.39, 0.29) is 11.7 Å². The Bertz CT molecular complexity index is 550. The van der Waals surface area contributed by atoms with Gasteiger partial charge in [-0.2, -0.15) is 0 Å². The molecule has 0 aromatic heterocycles. The molecule has 0 N–H and O–H groups in total. The molecule has 0 bridgehead atoms. The molecule has 21 heavy (non-hydrogen) atoms. The van der Waals surface area contributed by atoms with E-state index in [0.717, 1.165) is 19.3 Å². The molecule has 2 rings (SSSR count). The van der Waals surface area contributed by atoms with Gasteiger partial charge >= 0.3 is 6.09 Å². The van der Waals surface area contributed by atoms with Crippen molar-refractivity contribution in [3.63, 3.8) is 0 Å². The Balaban J connectivity index is 1.97. The molecule has 0 radical (unpaired) electrons. The molecule has 3 nitrogen and oxygen atoms in total. The smallest absolute Gasteiger partial charge is 0.414 e. The van der Waals surface area contributed by atoms with Crippen LogP contribution >= 0.6 is 0 Å². The largest absolute Gasteiger partial charge is 0.444 e. The number of rotatable bonds is 6. The minimum atomic E-state index is -0.491. The normalized spacial score (nSPS) is 17.7. The van der Waals surface area contributed by atoms with Gasteiger partial charge in [0, 0.05) is 0 Å². The van der Waals surface area contributed by atoms with E-state index >= 15 is 0 Å². The van der Waals surface area contributed by atoms with Crippen molar-refractivity contribution < 1.29 is 13.9 Å². The van der Waals surface area contributed by atoms with Crippen molar-refractivity contribution in [3.05, 3.63) is 29.6 Å². The van der Waals surface area contributed by atoms with Gasteiger partial charge in [0.05, 0.1) is 17.8 Å². The summed E-state index contributed by atoms with van der Waals surface area (Å²) in [5.74, 6) is 1.77. The molecule has 1 unspecified atom stereocenters. The summed E-state index contributed by atoms with van der Waals surface area (Å²) < 4.78 is 19.0. The molecule has 1 atom stereocenters. The van der Waals surface area contributed by atoms with Crippen LogP contribution < -0.4 is 4.90 Å². The highest BCUT2D eigenvalue weighted by atomic mass is 19.1. The lowest BCUT2D eigenvalue weighted by atomic mass is 10.1. The highest BCUT2D eigenvalue weighted by Crippen LogP contribution is 2.25. The van der Waals surface area contributed by atoms with Crippen LogP contribution in [0.3, 0.4) is 0 Å². The molecule has 1 aromatic rings. The molecule has 0 aliphatic carbocycles. The van der Waals surface area contributed by atoms with Crippen LogP contribution in [0.1, 0.15) is 44.6 Å². The van der Waals surface area contributed by atoms with Gasteiger partial charge < -0.3 is 4.74 Å². The molecule has 0 spiro atoms. The van der Waals surface area contributed by atoms with E-state index in [1.807, 2.05) is 0 Å². The third-order valence-electron chi connectivity index (χ3n) is 3.67. The van der Waals surface area contributed by atoms with Crippen LogP contribution in [0.5, 0.6) is 0 Å². The van der Waals surface area contributed by atoms with E-state index in [1.165, 1.54) is 29.9 Å². The number of benzene rings is 1. The van der Waals surface area contributed by atoms with Crippen LogP contribution in [0.4, 0.5) is 14.9 Å². The Morgan fingerprint density at radius 3 is 2.90 bits per heavy atom. The first-order valence-corrected chi connectivity index (χ1v) is 7.40. The molecule has 1 aromatic carbocycles. The van der Waals surface area contributed by atoms with Crippen LogP contribution in [0, 0.1) is 18.2 Å². The van der Waals surface area contributed by atoms with Gasteiger partial charge in [0.2, 0.25) is 0 Å². The first kappa shape index (κ1) is 15.4. The quantitative estimate of drug-likeness (QED) is 0.583. The van der Waals surface area contributed by atoms with Crippen LogP contribution in [0.15, 0.2) is 18.2 Å². The number of halogens is 1. The number of unbranched alkanes of at least 4 members (excludes halogenated alkanes) is 3. The fourth-order valence-electron chi connectivity index (χ4n) is 2.47. The first-order valence-electron chi connectivity index (χ1n) is 7.40. The molecule has 1 amide bonds. The van der Waals surface area contributed by atoms with Crippen LogP contribution in [0.2, 0.25) is 0 Å². The lowest BCUT2D eigenvalue weighted by Gasteiger charge is -2.13.